The van der Waals surface area contributed by atoms with Gasteiger partial charge in [0.05, 0.1) is 24.0 Å². The quantitative estimate of drug-likeness (QED) is 0.703. The highest BCUT2D eigenvalue weighted by Gasteiger charge is 2.05. The van der Waals surface area contributed by atoms with E-state index in [4.69, 9.17) is 0 Å². The van der Waals surface area contributed by atoms with Gasteiger partial charge in [-0.3, -0.25) is 4.98 Å². The number of ether oxygens (including phenoxy) is 1. The molecule has 0 atom stereocenters. The van der Waals surface area contributed by atoms with E-state index in [-0.39, 0.29) is 5.75 Å². The van der Waals surface area contributed by atoms with E-state index in [0.29, 0.717) is 12.2 Å². The van der Waals surface area contributed by atoms with Crippen LogP contribution in [0.2, 0.25) is 0 Å². The van der Waals surface area contributed by atoms with E-state index in [1.54, 1.807) is 6.07 Å². The van der Waals surface area contributed by atoms with Gasteiger partial charge < -0.3 is 10.1 Å². The Labute approximate surface area is 139 Å². The number of halogens is 3. The van der Waals surface area contributed by atoms with Crippen LogP contribution in [0.3, 0.4) is 0 Å². The number of nitrogens with one attached hydrogen (secondary N) is 1. The maximum absolute atomic E-state index is 12.1. The third-order valence-electron chi connectivity index (χ3n) is 3.12. The van der Waals surface area contributed by atoms with Gasteiger partial charge in [0.1, 0.15) is 11.6 Å². The second-order valence-corrected chi connectivity index (χ2v) is 5.67. The average molecular weight is 380 g/mol. The largest absolute Gasteiger partial charge is 0.433 e. The van der Waals surface area contributed by atoms with E-state index in [0.717, 1.165) is 21.2 Å². The molecular weight excluding hydrogens is 368 g/mol. The lowest BCUT2D eigenvalue weighted by Gasteiger charge is -2.08. The molecule has 0 bridgehead atoms. The zero-order valence-electron chi connectivity index (χ0n) is 11.8. The van der Waals surface area contributed by atoms with E-state index in [1.165, 1.54) is 12.3 Å². The number of anilines is 1. The molecule has 0 aliphatic heterocycles. The Kier molecular flexibility index (Phi) is 4.66. The molecule has 0 aliphatic carbocycles. The topological polar surface area (TPSA) is 47.0 Å². The summed E-state index contributed by atoms with van der Waals surface area (Å²) in [5, 5.41) is 4.19. The van der Waals surface area contributed by atoms with Crippen LogP contribution in [0.4, 0.5) is 14.6 Å². The maximum atomic E-state index is 12.1. The smallest absolute Gasteiger partial charge is 0.387 e. The minimum atomic E-state index is -2.84. The van der Waals surface area contributed by atoms with Crippen LogP contribution in [0.25, 0.3) is 10.9 Å². The molecule has 0 aliphatic rings. The summed E-state index contributed by atoms with van der Waals surface area (Å²) in [5.74, 6) is 0.757. The monoisotopic (exact) mass is 379 g/mol. The van der Waals surface area contributed by atoms with Crippen molar-refractivity contribution in [3.63, 3.8) is 0 Å². The summed E-state index contributed by atoms with van der Waals surface area (Å²) in [6.45, 7) is -2.41. The molecule has 0 spiro atoms. The minimum Gasteiger partial charge on any atom is -0.433 e. The third-order valence-corrected chi connectivity index (χ3v) is 3.62. The standard InChI is InChI=1S/C16H12BrF2N3O/c17-11-2-5-14-10(7-11)1-6-15(22-14)21-8-12-3-4-13(9-20-12)23-16(18)19/h1-7,9,16H,8H2,(H,21,22). The Bertz CT molecular complexity index is 812. The second-order valence-electron chi connectivity index (χ2n) is 4.75. The molecule has 118 valence electrons. The zero-order valence-corrected chi connectivity index (χ0v) is 13.4. The van der Waals surface area contributed by atoms with Crippen molar-refractivity contribution in [3.05, 3.63) is 58.8 Å². The number of aromatic nitrogens is 2. The van der Waals surface area contributed by atoms with Gasteiger partial charge in [-0.05, 0) is 42.5 Å². The lowest BCUT2D eigenvalue weighted by atomic mass is 10.2. The van der Waals surface area contributed by atoms with E-state index >= 15 is 0 Å². The number of fused-ring (bicyclic) bond motifs is 1. The molecule has 0 radical (unpaired) electrons. The van der Waals surface area contributed by atoms with Crippen molar-refractivity contribution in [2.75, 3.05) is 5.32 Å². The Balaban J connectivity index is 1.67. The molecule has 2 heterocycles. The molecule has 0 saturated carbocycles. The first-order valence-corrected chi connectivity index (χ1v) is 7.59. The molecule has 1 aromatic carbocycles. The van der Waals surface area contributed by atoms with Gasteiger partial charge in [-0.2, -0.15) is 8.78 Å². The fraction of sp³-hybridized carbons (Fsp3) is 0.125. The third kappa shape index (κ3) is 4.13. The molecule has 0 fully saturated rings. The van der Waals surface area contributed by atoms with Crippen LogP contribution in [-0.2, 0) is 6.54 Å². The second kappa shape index (κ2) is 6.87. The molecule has 3 aromatic rings. The summed E-state index contributed by atoms with van der Waals surface area (Å²) in [4.78, 5) is 8.57. The number of pyridine rings is 2. The Morgan fingerprint density at radius 2 is 2.00 bits per heavy atom. The van der Waals surface area contributed by atoms with Crippen molar-refractivity contribution in [2.24, 2.45) is 0 Å². The number of hydrogen-bond acceptors (Lipinski definition) is 4. The summed E-state index contributed by atoms with van der Waals surface area (Å²) < 4.78 is 29.4. The molecular formula is C16H12BrF2N3O. The number of hydrogen-bond donors (Lipinski definition) is 1. The lowest BCUT2D eigenvalue weighted by Crippen LogP contribution is -2.05. The van der Waals surface area contributed by atoms with E-state index in [1.807, 2.05) is 30.3 Å². The maximum Gasteiger partial charge on any atom is 0.387 e. The molecule has 23 heavy (non-hydrogen) atoms. The lowest BCUT2D eigenvalue weighted by molar-refractivity contribution is -0.0500. The van der Waals surface area contributed by atoms with Gasteiger partial charge in [0.25, 0.3) is 0 Å². The summed E-state index contributed by atoms with van der Waals surface area (Å²) in [6, 6.07) is 12.8. The molecule has 1 N–H and O–H groups in total. The summed E-state index contributed by atoms with van der Waals surface area (Å²) in [6.07, 6.45) is 1.27. The predicted molar refractivity (Wildman–Crippen MR) is 87.6 cm³/mol. The van der Waals surface area contributed by atoms with Crippen LogP contribution in [0.15, 0.2) is 53.1 Å². The fourth-order valence-electron chi connectivity index (χ4n) is 2.06. The van der Waals surface area contributed by atoms with Gasteiger partial charge in [0, 0.05) is 9.86 Å². The number of alkyl halides is 2. The SMILES string of the molecule is FC(F)Oc1ccc(CNc2ccc3cc(Br)ccc3n2)nc1. The molecule has 0 amide bonds. The number of nitrogens with zero attached hydrogens (tertiary/aromatic N) is 2. The van der Waals surface area contributed by atoms with Gasteiger partial charge >= 0.3 is 6.61 Å². The highest BCUT2D eigenvalue weighted by Crippen LogP contribution is 2.20. The van der Waals surface area contributed by atoms with Crippen LogP contribution in [0.1, 0.15) is 5.69 Å². The van der Waals surface area contributed by atoms with Crippen molar-refractivity contribution >= 4 is 32.7 Å². The molecule has 0 unspecified atom stereocenters. The van der Waals surface area contributed by atoms with E-state index in [9.17, 15) is 8.78 Å². The van der Waals surface area contributed by atoms with Crippen molar-refractivity contribution in [1.29, 1.82) is 0 Å². The van der Waals surface area contributed by atoms with Crippen LogP contribution in [0, 0.1) is 0 Å². The van der Waals surface area contributed by atoms with Gasteiger partial charge in [-0.1, -0.05) is 15.9 Å². The van der Waals surface area contributed by atoms with Crippen molar-refractivity contribution in [3.8, 4) is 5.75 Å². The van der Waals surface area contributed by atoms with Gasteiger partial charge in [0.2, 0.25) is 0 Å². The van der Waals surface area contributed by atoms with Crippen LogP contribution in [-0.4, -0.2) is 16.6 Å². The van der Waals surface area contributed by atoms with Crippen molar-refractivity contribution in [2.45, 2.75) is 13.2 Å². The normalized spacial score (nSPS) is 11.0. The van der Waals surface area contributed by atoms with Crippen molar-refractivity contribution < 1.29 is 13.5 Å². The average Bonchev–Trinajstić information content (AvgIpc) is 2.53. The first-order valence-electron chi connectivity index (χ1n) is 6.80. The summed E-state index contributed by atoms with van der Waals surface area (Å²) >= 11 is 3.42. The van der Waals surface area contributed by atoms with E-state index < -0.39 is 6.61 Å². The molecule has 7 heteroatoms. The molecule has 2 aromatic heterocycles. The fourth-order valence-corrected chi connectivity index (χ4v) is 2.44. The Hall–Kier alpha value is -2.28. The summed E-state index contributed by atoms with van der Waals surface area (Å²) in [5.41, 5.74) is 1.58. The highest BCUT2D eigenvalue weighted by atomic mass is 79.9. The zero-order chi connectivity index (χ0) is 16.2. The first kappa shape index (κ1) is 15.6. The predicted octanol–water partition coefficient (Wildman–Crippen LogP) is 4.61. The van der Waals surface area contributed by atoms with Crippen LogP contribution in [0.5, 0.6) is 5.75 Å². The summed E-state index contributed by atoms with van der Waals surface area (Å²) in [7, 11) is 0. The van der Waals surface area contributed by atoms with Crippen LogP contribution >= 0.6 is 15.9 Å². The van der Waals surface area contributed by atoms with E-state index in [2.05, 4.69) is 36.0 Å². The van der Waals surface area contributed by atoms with Gasteiger partial charge in [-0.25, -0.2) is 4.98 Å². The number of rotatable bonds is 5. The van der Waals surface area contributed by atoms with Gasteiger partial charge in [-0.15, -0.1) is 0 Å². The first-order chi connectivity index (χ1) is 11.1. The van der Waals surface area contributed by atoms with Crippen molar-refractivity contribution in [1.82, 2.24) is 9.97 Å². The molecule has 0 saturated heterocycles. The Morgan fingerprint density at radius 1 is 1.13 bits per heavy atom. The number of benzene rings is 1. The van der Waals surface area contributed by atoms with Gasteiger partial charge in [0.15, 0.2) is 0 Å². The Morgan fingerprint density at radius 3 is 2.74 bits per heavy atom. The molecule has 4 nitrogen and oxygen atoms in total. The highest BCUT2D eigenvalue weighted by molar-refractivity contribution is 9.10. The van der Waals surface area contributed by atoms with Crippen LogP contribution < -0.4 is 10.1 Å². The molecule has 3 rings (SSSR count). The minimum absolute atomic E-state index is 0.0400.